The highest BCUT2D eigenvalue weighted by Crippen LogP contribution is 2.55. The van der Waals surface area contributed by atoms with E-state index in [0.717, 1.165) is 23.1 Å². The first kappa shape index (κ1) is 26.1. The summed E-state index contributed by atoms with van der Waals surface area (Å²) in [6.45, 7) is 10.4. The van der Waals surface area contributed by atoms with Crippen LogP contribution in [0.5, 0.6) is 0 Å². The van der Waals surface area contributed by atoms with E-state index in [1.807, 2.05) is 11.8 Å². The zero-order chi connectivity index (χ0) is 26.4. The number of halogens is 1. The van der Waals surface area contributed by atoms with Crippen molar-refractivity contribution in [2.75, 3.05) is 31.6 Å². The molecule has 2 saturated heterocycles. The van der Waals surface area contributed by atoms with Gasteiger partial charge in [-0.3, -0.25) is 9.36 Å². The van der Waals surface area contributed by atoms with Gasteiger partial charge in [-0.1, -0.05) is 11.6 Å². The highest BCUT2D eigenvalue weighted by Gasteiger charge is 2.46. The maximum Gasteiger partial charge on any atom is 0.271 e. The molecular formula is C29H36ClN5O2S. The monoisotopic (exact) mass is 553 g/mol. The number of aryl methyl sites for hydroxylation is 1. The molecule has 3 aromatic rings. The van der Waals surface area contributed by atoms with Crippen LogP contribution in [0, 0.1) is 12.3 Å². The highest BCUT2D eigenvalue weighted by molar-refractivity contribution is 8.00. The van der Waals surface area contributed by atoms with Crippen LogP contribution in [0.1, 0.15) is 57.6 Å². The van der Waals surface area contributed by atoms with E-state index in [-0.39, 0.29) is 16.6 Å². The zero-order valence-corrected chi connectivity index (χ0v) is 23.9. The summed E-state index contributed by atoms with van der Waals surface area (Å²) < 4.78 is 7.20. The molecule has 1 N–H and O–H groups in total. The normalized spacial score (nSPS) is 21.9. The molecule has 1 aliphatic carbocycles. The molecule has 1 aromatic carbocycles. The lowest BCUT2D eigenvalue weighted by atomic mass is 9.63. The molecule has 0 radical (unpaired) electrons. The number of piperidine rings is 1. The Labute approximate surface area is 233 Å². The predicted octanol–water partition coefficient (Wildman–Crippen LogP) is 6.20. The van der Waals surface area contributed by atoms with Gasteiger partial charge in [-0.15, -0.1) is 11.8 Å². The first-order chi connectivity index (χ1) is 18.3. The van der Waals surface area contributed by atoms with Crippen LogP contribution in [0.3, 0.4) is 0 Å². The Morgan fingerprint density at radius 1 is 1.21 bits per heavy atom. The van der Waals surface area contributed by atoms with Crippen LogP contribution in [0.2, 0.25) is 5.02 Å². The van der Waals surface area contributed by atoms with Crippen LogP contribution in [0.25, 0.3) is 11.0 Å². The fourth-order valence-corrected chi connectivity index (χ4v) is 8.14. The van der Waals surface area contributed by atoms with E-state index in [4.69, 9.17) is 21.3 Å². The molecular weight excluding hydrogens is 518 g/mol. The van der Waals surface area contributed by atoms with Crippen molar-refractivity contribution in [1.29, 1.82) is 0 Å². The minimum atomic E-state index is -0.236. The second-order valence-corrected chi connectivity index (χ2v) is 13.3. The fourth-order valence-electron chi connectivity index (χ4n) is 6.29. The molecule has 6 rings (SSSR count). The molecule has 0 amide bonds. The van der Waals surface area contributed by atoms with Gasteiger partial charge in [0.05, 0.1) is 12.6 Å². The molecule has 1 saturated carbocycles. The standard InChI is InChI=1S/C29H36ClN5O2S/c1-18(2)34-9-7-29(8-10-34)14-23(15-29)38-22-4-5-25(19(3)12-22)32-28-31-16-20-13-24(30)27(36)35(26(20)33-28)21-6-11-37-17-21/h4-5,12-13,16,18,21,23H,6-11,14-15,17H2,1-3H3,(H,31,32,33). The molecule has 202 valence electrons. The minimum absolute atomic E-state index is 0.0714. The van der Waals surface area contributed by atoms with Gasteiger partial charge in [-0.05, 0) is 101 Å². The molecule has 2 aromatic heterocycles. The number of pyridine rings is 1. The number of benzene rings is 1. The van der Waals surface area contributed by atoms with Crippen molar-refractivity contribution >= 4 is 46.0 Å². The van der Waals surface area contributed by atoms with Crippen LogP contribution in [0.4, 0.5) is 11.6 Å². The molecule has 38 heavy (non-hydrogen) atoms. The molecule has 3 fully saturated rings. The summed E-state index contributed by atoms with van der Waals surface area (Å²) in [5, 5.41) is 5.00. The number of hydrogen-bond acceptors (Lipinski definition) is 7. The van der Waals surface area contributed by atoms with E-state index in [0.29, 0.717) is 41.5 Å². The number of rotatable bonds is 6. The summed E-state index contributed by atoms with van der Waals surface area (Å²) >= 11 is 8.26. The van der Waals surface area contributed by atoms with Crippen molar-refractivity contribution < 1.29 is 4.74 Å². The van der Waals surface area contributed by atoms with Crippen LogP contribution >= 0.6 is 23.4 Å². The number of ether oxygens (including phenoxy) is 1. The molecule has 3 aliphatic rings. The molecule has 9 heteroatoms. The number of anilines is 2. The summed E-state index contributed by atoms with van der Waals surface area (Å²) in [5.41, 5.74) is 3.04. The Kier molecular flexibility index (Phi) is 7.18. The molecule has 1 unspecified atom stereocenters. The van der Waals surface area contributed by atoms with E-state index in [1.165, 1.54) is 43.7 Å². The number of hydrogen-bond donors (Lipinski definition) is 1. The maximum atomic E-state index is 12.9. The largest absolute Gasteiger partial charge is 0.379 e. The Balaban J connectivity index is 1.14. The van der Waals surface area contributed by atoms with E-state index < -0.39 is 0 Å². The molecule has 4 heterocycles. The van der Waals surface area contributed by atoms with Crippen molar-refractivity contribution in [3.63, 3.8) is 0 Å². The highest BCUT2D eigenvalue weighted by atomic mass is 35.5. The van der Waals surface area contributed by atoms with Gasteiger partial charge in [-0.25, -0.2) is 4.98 Å². The molecule has 7 nitrogen and oxygen atoms in total. The van der Waals surface area contributed by atoms with E-state index in [2.05, 4.69) is 54.2 Å². The van der Waals surface area contributed by atoms with E-state index in [1.54, 1.807) is 16.8 Å². The fraction of sp³-hybridized carbons (Fsp3) is 0.552. The second-order valence-electron chi connectivity index (χ2n) is 11.5. The first-order valence-corrected chi connectivity index (χ1v) is 15.0. The number of nitrogens with zero attached hydrogens (tertiary/aromatic N) is 4. The Morgan fingerprint density at radius 2 is 2.00 bits per heavy atom. The smallest absolute Gasteiger partial charge is 0.271 e. The molecule has 0 bridgehead atoms. The van der Waals surface area contributed by atoms with Gasteiger partial charge in [0.2, 0.25) is 5.95 Å². The van der Waals surface area contributed by atoms with Crippen LogP contribution in [0.15, 0.2) is 40.2 Å². The first-order valence-electron chi connectivity index (χ1n) is 13.7. The molecule has 1 atom stereocenters. The van der Waals surface area contributed by atoms with Crippen molar-refractivity contribution in [3.05, 3.63) is 51.4 Å². The van der Waals surface area contributed by atoms with Crippen molar-refractivity contribution in [1.82, 2.24) is 19.4 Å². The average molecular weight is 554 g/mol. The second kappa shape index (κ2) is 10.5. The van der Waals surface area contributed by atoms with E-state index in [9.17, 15) is 4.79 Å². The molecule has 1 spiro atoms. The van der Waals surface area contributed by atoms with Gasteiger partial charge in [0.1, 0.15) is 10.7 Å². The lowest BCUT2D eigenvalue weighted by Gasteiger charge is -2.52. The Morgan fingerprint density at radius 3 is 2.68 bits per heavy atom. The van der Waals surface area contributed by atoms with Gasteiger partial charge in [0.25, 0.3) is 5.56 Å². The zero-order valence-electron chi connectivity index (χ0n) is 22.4. The summed E-state index contributed by atoms with van der Waals surface area (Å²) in [6.07, 6.45) is 7.86. The third kappa shape index (κ3) is 5.08. The van der Waals surface area contributed by atoms with Gasteiger partial charge < -0.3 is 15.0 Å². The average Bonchev–Trinajstić information content (AvgIpc) is 3.40. The van der Waals surface area contributed by atoms with Crippen molar-refractivity contribution in [2.24, 2.45) is 5.41 Å². The lowest BCUT2D eigenvalue weighted by molar-refractivity contribution is 0.0267. The number of likely N-dealkylation sites (tertiary alicyclic amines) is 1. The third-order valence-corrected chi connectivity index (χ3v) is 10.1. The van der Waals surface area contributed by atoms with Gasteiger partial charge >= 0.3 is 0 Å². The van der Waals surface area contributed by atoms with E-state index >= 15 is 0 Å². The summed E-state index contributed by atoms with van der Waals surface area (Å²) in [4.78, 5) is 26.1. The van der Waals surface area contributed by atoms with Gasteiger partial charge in [0.15, 0.2) is 0 Å². The number of aromatic nitrogens is 3. The summed E-state index contributed by atoms with van der Waals surface area (Å²) in [5.74, 6) is 0.462. The number of fused-ring (bicyclic) bond motifs is 1. The van der Waals surface area contributed by atoms with Crippen molar-refractivity contribution in [3.8, 4) is 0 Å². The molecule has 2 aliphatic heterocycles. The Hall–Kier alpha value is -2.13. The topological polar surface area (TPSA) is 72.3 Å². The number of nitrogens with one attached hydrogen (secondary N) is 1. The van der Waals surface area contributed by atoms with Crippen molar-refractivity contribution in [2.45, 2.75) is 75.1 Å². The summed E-state index contributed by atoms with van der Waals surface area (Å²) in [6, 6.07) is 8.80. The quantitative estimate of drug-likeness (QED) is 0.389. The third-order valence-electron chi connectivity index (χ3n) is 8.66. The lowest BCUT2D eigenvalue weighted by Crippen LogP contribution is -2.49. The summed E-state index contributed by atoms with van der Waals surface area (Å²) in [7, 11) is 0. The maximum absolute atomic E-state index is 12.9. The minimum Gasteiger partial charge on any atom is -0.379 e. The Bertz CT molecular complexity index is 1390. The predicted molar refractivity (Wildman–Crippen MR) is 155 cm³/mol. The number of thioether (sulfide) groups is 1. The SMILES string of the molecule is Cc1cc(SC2CC3(CCN(C(C)C)CC3)C2)ccc1Nc1ncc2cc(Cl)c(=O)n(C3CCOC3)c2n1. The van der Waals surface area contributed by atoms with Gasteiger partial charge in [-0.2, -0.15) is 4.98 Å². The van der Waals surface area contributed by atoms with Crippen LogP contribution < -0.4 is 10.9 Å². The van der Waals surface area contributed by atoms with Crippen LogP contribution in [-0.2, 0) is 4.74 Å². The van der Waals surface area contributed by atoms with Gasteiger partial charge in [0, 0.05) is 40.1 Å². The van der Waals surface area contributed by atoms with Crippen LogP contribution in [-0.4, -0.2) is 57.0 Å².